The second-order valence-corrected chi connectivity index (χ2v) is 6.90. The summed E-state index contributed by atoms with van der Waals surface area (Å²) in [6.45, 7) is 4.47. The predicted molar refractivity (Wildman–Crippen MR) is 83.2 cm³/mol. The van der Waals surface area contributed by atoms with E-state index in [0.717, 1.165) is 5.56 Å². The van der Waals surface area contributed by atoms with E-state index in [4.69, 9.17) is 5.73 Å². The van der Waals surface area contributed by atoms with Crippen molar-refractivity contribution < 1.29 is 8.42 Å². The Labute approximate surface area is 125 Å². The summed E-state index contributed by atoms with van der Waals surface area (Å²) < 4.78 is 26.8. The molecule has 0 bridgehead atoms. The van der Waals surface area contributed by atoms with Crippen LogP contribution in [0.4, 0.5) is 5.82 Å². The first-order chi connectivity index (χ1) is 9.88. The van der Waals surface area contributed by atoms with Gasteiger partial charge in [-0.15, -0.1) is 0 Å². The van der Waals surface area contributed by atoms with E-state index in [1.54, 1.807) is 0 Å². The maximum absolute atomic E-state index is 12.1. The number of rotatable bonds is 5. The van der Waals surface area contributed by atoms with Crippen LogP contribution < -0.4 is 10.5 Å². The van der Waals surface area contributed by atoms with Gasteiger partial charge in [-0.3, -0.25) is 0 Å². The van der Waals surface area contributed by atoms with Crippen LogP contribution in [0.25, 0.3) is 0 Å². The van der Waals surface area contributed by atoms with E-state index in [1.165, 1.54) is 23.9 Å². The Morgan fingerprint density at radius 2 is 1.86 bits per heavy atom. The van der Waals surface area contributed by atoms with E-state index in [9.17, 15) is 8.42 Å². The Balaban J connectivity index is 2.08. The molecule has 0 aliphatic rings. The third-order valence-corrected chi connectivity index (χ3v) is 4.57. The Bertz CT molecular complexity index is 710. The summed E-state index contributed by atoms with van der Waals surface area (Å²) in [5.74, 6) is 0.634. The monoisotopic (exact) mass is 305 g/mol. The molecule has 21 heavy (non-hydrogen) atoms. The molecular formula is C15H19N3O2S. The van der Waals surface area contributed by atoms with Crippen molar-refractivity contribution in [2.45, 2.75) is 31.2 Å². The lowest BCUT2D eigenvalue weighted by molar-refractivity contribution is 0.581. The van der Waals surface area contributed by atoms with Crippen LogP contribution in [0.2, 0.25) is 0 Å². The number of benzene rings is 1. The highest BCUT2D eigenvalue weighted by Gasteiger charge is 2.14. The zero-order chi connectivity index (χ0) is 15.5. The molecule has 2 rings (SSSR count). The van der Waals surface area contributed by atoms with E-state index in [-0.39, 0.29) is 17.3 Å². The zero-order valence-corrected chi connectivity index (χ0v) is 12.9. The van der Waals surface area contributed by atoms with Crippen LogP contribution in [-0.2, 0) is 16.6 Å². The average Bonchev–Trinajstić information content (AvgIpc) is 2.45. The molecule has 3 N–H and O–H groups in total. The van der Waals surface area contributed by atoms with Crippen molar-refractivity contribution in [2.75, 3.05) is 5.73 Å². The van der Waals surface area contributed by atoms with Crippen LogP contribution in [0.15, 0.2) is 47.5 Å². The Hall–Kier alpha value is -1.92. The fourth-order valence-corrected chi connectivity index (χ4v) is 2.92. The van der Waals surface area contributed by atoms with Crippen molar-refractivity contribution in [3.63, 3.8) is 0 Å². The second kappa shape index (κ2) is 6.24. The zero-order valence-electron chi connectivity index (χ0n) is 12.1. The van der Waals surface area contributed by atoms with E-state index < -0.39 is 10.0 Å². The van der Waals surface area contributed by atoms with Gasteiger partial charge in [-0.05, 0) is 23.1 Å². The topological polar surface area (TPSA) is 85.1 Å². The number of aromatic nitrogens is 1. The highest BCUT2D eigenvalue weighted by atomic mass is 32.2. The fourth-order valence-electron chi connectivity index (χ4n) is 1.88. The van der Waals surface area contributed by atoms with Gasteiger partial charge in [0.15, 0.2) is 0 Å². The summed E-state index contributed by atoms with van der Waals surface area (Å²) >= 11 is 0. The standard InChI is InChI=1S/C15H19N3O2S/c1-11(2)13-5-3-12(4-6-13)10-18-21(19,20)14-7-8-17-15(16)9-14/h3-9,11,18H,10H2,1-2H3,(H2,16,17). The minimum absolute atomic E-state index is 0.119. The molecule has 6 heteroatoms. The van der Waals surface area contributed by atoms with Crippen molar-refractivity contribution in [3.8, 4) is 0 Å². The van der Waals surface area contributed by atoms with Crippen LogP contribution in [0.3, 0.4) is 0 Å². The van der Waals surface area contributed by atoms with Gasteiger partial charge < -0.3 is 5.73 Å². The average molecular weight is 305 g/mol. The number of nitrogens with one attached hydrogen (secondary N) is 1. The molecule has 0 radical (unpaired) electrons. The third kappa shape index (κ3) is 4.03. The second-order valence-electron chi connectivity index (χ2n) is 5.14. The number of sulfonamides is 1. The molecule has 0 saturated carbocycles. The van der Waals surface area contributed by atoms with Crippen molar-refractivity contribution >= 4 is 15.8 Å². The van der Waals surface area contributed by atoms with Gasteiger partial charge in [-0.25, -0.2) is 18.1 Å². The molecule has 0 aliphatic heterocycles. The maximum Gasteiger partial charge on any atom is 0.241 e. The van der Waals surface area contributed by atoms with Gasteiger partial charge in [0.2, 0.25) is 10.0 Å². The van der Waals surface area contributed by atoms with Gasteiger partial charge in [-0.2, -0.15) is 0 Å². The first-order valence-corrected chi connectivity index (χ1v) is 8.17. The van der Waals surface area contributed by atoms with Gasteiger partial charge in [0, 0.05) is 18.8 Å². The van der Waals surface area contributed by atoms with Crippen molar-refractivity contribution in [3.05, 3.63) is 53.7 Å². The Kier molecular flexibility index (Phi) is 4.59. The van der Waals surface area contributed by atoms with Gasteiger partial charge in [-0.1, -0.05) is 38.1 Å². The molecule has 0 amide bonds. The molecule has 0 unspecified atom stereocenters. The number of hydrogen-bond donors (Lipinski definition) is 2. The molecule has 5 nitrogen and oxygen atoms in total. The highest BCUT2D eigenvalue weighted by Crippen LogP contribution is 2.15. The number of nitrogens with two attached hydrogens (primary N) is 1. The van der Waals surface area contributed by atoms with E-state index in [2.05, 4.69) is 23.6 Å². The van der Waals surface area contributed by atoms with E-state index in [1.807, 2.05) is 24.3 Å². The van der Waals surface area contributed by atoms with E-state index >= 15 is 0 Å². The molecule has 2 aromatic rings. The molecule has 112 valence electrons. The Morgan fingerprint density at radius 1 is 1.19 bits per heavy atom. The lowest BCUT2D eigenvalue weighted by Gasteiger charge is -2.09. The number of anilines is 1. The molecule has 1 aromatic heterocycles. The molecule has 0 saturated heterocycles. The molecule has 0 aliphatic carbocycles. The van der Waals surface area contributed by atoms with Gasteiger partial charge in [0.25, 0.3) is 0 Å². The summed E-state index contributed by atoms with van der Waals surface area (Å²) in [5, 5.41) is 0. The van der Waals surface area contributed by atoms with Crippen molar-refractivity contribution in [1.29, 1.82) is 0 Å². The van der Waals surface area contributed by atoms with Crippen molar-refractivity contribution in [1.82, 2.24) is 9.71 Å². The molecule has 0 spiro atoms. The first-order valence-electron chi connectivity index (χ1n) is 6.68. The lowest BCUT2D eigenvalue weighted by atomic mass is 10.0. The van der Waals surface area contributed by atoms with Crippen LogP contribution >= 0.6 is 0 Å². The first kappa shape index (κ1) is 15.5. The highest BCUT2D eigenvalue weighted by molar-refractivity contribution is 7.89. The smallest absolute Gasteiger partial charge is 0.241 e. The summed E-state index contributed by atoms with van der Waals surface area (Å²) in [6, 6.07) is 10.6. The SMILES string of the molecule is CC(C)c1ccc(CNS(=O)(=O)c2ccnc(N)c2)cc1. The van der Waals surface area contributed by atoms with Crippen LogP contribution in [-0.4, -0.2) is 13.4 Å². The molecule has 0 fully saturated rings. The molecule has 1 aromatic carbocycles. The largest absolute Gasteiger partial charge is 0.384 e. The van der Waals surface area contributed by atoms with Gasteiger partial charge in [0.05, 0.1) is 4.90 Å². The van der Waals surface area contributed by atoms with Crippen LogP contribution in [0.5, 0.6) is 0 Å². The normalized spacial score (nSPS) is 11.8. The number of hydrogen-bond acceptors (Lipinski definition) is 4. The fraction of sp³-hybridized carbons (Fsp3) is 0.267. The number of nitrogens with zero attached hydrogens (tertiary/aromatic N) is 1. The minimum atomic E-state index is -3.58. The van der Waals surface area contributed by atoms with Crippen molar-refractivity contribution in [2.24, 2.45) is 0 Å². The quantitative estimate of drug-likeness (QED) is 0.887. The summed E-state index contributed by atoms with van der Waals surface area (Å²) in [5.41, 5.74) is 7.64. The van der Waals surface area contributed by atoms with Crippen LogP contribution in [0, 0.1) is 0 Å². The summed E-state index contributed by atoms with van der Waals surface area (Å²) in [6.07, 6.45) is 1.38. The van der Waals surface area contributed by atoms with Gasteiger partial charge in [0.1, 0.15) is 5.82 Å². The maximum atomic E-state index is 12.1. The minimum Gasteiger partial charge on any atom is -0.384 e. The molecular weight excluding hydrogens is 286 g/mol. The molecule has 0 atom stereocenters. The number of nitrogen functional groups attached to an aromatic ring is 1. The van der Waals surface area contributed by atoms with E-state index in [0.29, 0.717) is 5.92 Å². The summed E-state index contributed by atoms with van der Waals surface area (Å²) in [7, 11) is -3.58. The summed E-state index contributed by atoms with van der Waals surface area (Å²) in [4.78, 5) is 3.90. The number of pyridine rings is 1. The Morgan fingerprint density at radius 3 is 2.43 bits per heavy atom. The third-order valence-electron chi connectivity index (χ3n) is 3.18. The predicted octanol–water partition coefficient (Wildman–Crippen LogP) is 2.27. The molecule has 1 heterocycles. The van der Waals surface area contributed by atoms with Crippen LogP contribution in [0.1, 0.15) is 30.9 Å². The van der Waals surface area contributed by atoms with Gasteiger partial charge >= 0.3 is 0 Å². The lowest BCUT2D eigenvalue weighted by Crippen LogP contribution is -2.23.